The molecular formula is C22H25ClN2O3. The van der Waals surface area contributed by atoms with Crippen LogP contribution >= 0.6 is 11.6 Å². The lowest BCUT2D eigenvalue weighted by Gasteiger charge is -2.29. The third-order valence-corrected chi connectivity index (χ3v) is 5.30. The highest BCUT2D eigenvalue weighted by Crippen LogP contribution is 2.21. The van der Waals surface area contributed by atoms with Gasteiger partial charge in [-0.05, 0) is 54.7 Å². The first kappa shape index (κ1) is 20.2. The number of rotatable bonds is 7. The molecule has 0 bridgehead atoms. The van der Waals surface area contributed by atoms with E-state index in [2.05, 4.69) is 17.4 Å². The van der Waals surface area contributed by atoms with Crippen LogP contribution in [0.15, 0.2) is 42.5 Å². The Morgan fingerprint density at radius 3 is 2.75 bits per heavy atom. The first-order chi connectivity index (χ1) is 13.5. The minimum Gasteiger partial charge on any atom is -0.484 e. The van der Waals surface area contributed by atoms with Crippen LogP contribution in [-0.4, -0.2) is 36.4 Å². The summed E-state index contributed by atoms with van der Waals surface area (Å²) in [5.74, 6) is 0.543. The van der Waals surface area contributed by atoms with Crippen LogP contribution in [0.3, 0.4) is 0 Å². The summed E-state index contributed by atoms with van der Waals surface area (Å²) in [4.78, 5) is 26.2. The molecule has 5 nitrogen and oxygen atoms in total. The Labute approximate surface area is 170 Å². The maximum atomic E-state index is 12.4. The van der Waals surface area contributed by atoms with Gasteiger partial charge in [0.2, 0.25) is 5.91 Å². The smallest absolute Gasteiger partial charge is 0.257 e. The van der Waals surface area contributed by atoms with E-state index < -0.39 is 0 Å². The Morgan fingerprint density at radius 2 is 1.96 bits per heavy atom. The van der Waals surface area contributed by atoms with Gasteiger partial charge in [-0.1, -0.05) is 35.9 Å². The molecule has 6 heteroatoms. The number of amides is 2. The van der Waals surface area contributed by atoms with Crippen molar-refractivity contribution in [3.8, 4) is 5.75 Å². The lowest BCUT2D eigenvalue weighted by atomic mass is 9.99. The van der Waals surface area contributed by atoms with E-state index in [9.17, 15) is 9.59 Å². The van der Waals surface area contributed by atoms with Gasteiger partial charge in [0.25, 0.3) is 5.91 Å². The van der Waals surface area contributed by atoms with Crippen LogP contribution in [0, 0.1) is 6.92 Å². The fourth-order valence-electron chi connectivity index (χ4n) is 3.24. The van der Waals surface area contributed by atoms with Crippen molar-refractivity contribution in [1.29, 1.82) is 0 Å². The molecule has 148 valence electrons. The Hall–Kier alpha value is -2.53. The highest BCUT2D eigenvalue weighted by Gasteiger charge is 2.19. The van der Waals surface area contributed by atoms with E-state index in [-0.39, 0.29) is 18.4 Å². The van der Waals surface area contributed by atoms with Crippen molar-refractivity contribution < 1.29 is 14.3 Å². The van der Waals surface area contributed by atoms with Gasteiger partial charge in [-0.15, -0.1) is 0 Å². The zero-order chi connectivity index (χ0) is 19.9. The van der Waals surface area contributed by atoms with Crippen LogP contribution in [0.5, 0.6) is 5.75 Å². The van der Waals surface area contributed by atoms with Crippen molar-refractivity contribution >= 4 is 23.4 Å². The molecule has 1 aliphatic rings. The number of nitrogens with one attached hydrogen (secondary N) is 1. The third kappa shape index (κ3) is 5.49. The van der Waals surface area contributed by atoms with Crippen LogP contribution < -0.4 is 10.1 Å². The molecule has 0 aliphatic carbocycles. The number of nitrogens with zero attached hydrogens (tertiary/aromatic N) is 1. The highest BCUT2D eigenvalue weighted by atomic mass is 35.5. The van der Waals surface area contributed by atoms with E-state index in [1.807, 2.05) is 24.0 Å². The van der Waals surface area contributed by atoms with E-state index in [1.54, 1.807) is 18.2 Å². The molecular weight excluding hydrogens is 376 g/mol. The van der Waals surface area contributed by atoms with Crippen LogP contribution in [-0.2, 0) is 22.6 Å². The number of benzene rings is 2. The van der Waals surface area contributed by atoms with Gasteiger partial charge in [0, 0.05) is 31.1 Å². The molecule has 0 radical (unpaired) electrons. The van der Waals surface area contributed by atoms with E-state index >= 15 is 0 Å². The summed E-state index contributed by atoms with van der Waals surface area (Å²) in [7, 11) is 0. The average Bonchev–Trinajstić information content (AvgIpc) is 2.71. The molecule has 2 aromatic carbocycles. The fraction of sp³-hybridized carbons (Fsp3) is 0.364. The van der Waals surface area contributed by atoms with Gasteiger partial charge in [-0.25, -0.2) is 0 Å². The summed E-state index contributed by atoms with van der Waals surface area (Å²) in [6.07, 6.45) is 1.95. The van der Waals surface area contributed by atoms with Crippen LogP contribution in [0.1, 0.15) is 29.5 Å². The molecule has 3 rings (SSSR count). The number of carbonyl (C=O) groups is 2. The largest absolute Gasteiger partial charge is 0.484 e. The lowest BCUT2D eigenvalue weighted by Crippen LogP contribution is -2.36. The van der Waals surface area contributed by atoms with Crippen molar-refractivity contribution in [2.45, 2.75) is 32.7 Å². The second-order valence-corrected chi connectivity index (χ2v) is 7.39. The molecule has 0 unspecified atom stereocenters. The monoisotopic (exact) mass is 400 g/mol. The molecule has 1 heterocycles. The first-order valence-electron chi connectivity index (χ1n) is 9.53. The van der Waals surface area contributed by atoms with Crippen LogP contribution in [0.4, 0.5) is 0 Å². The Morgan fingerprint density at radius 1 is 1.18 bits per heavy atom. The molecule has 0 saturated heterocycles. The predicted octanol–water partition coefficient (Wildman–Crippen LogP) is 3.51. The van der Waals surface area contributed by atoms with Gasteiger partial charge in [0.15, 0.2) is 6.61 Å². The maximum absolute atomic E-state index is 12.4. The molecule has 2 amide bonds. The summed E-state index contributed by atoms with van der Waals surface area (Å²) < 4.78 is 5.46. The molecule has 1 N–H and O–H groups in total. The zero-order valence-electron chi connectivity index (χ0n) is 16.0. The number of hydrogen-bond donors (Lipinski definition) is 1. The van der Waals surface area contributed by atoms with Gasteiger partial charge >= 0.3 is 0 Å². The zero-order valence-corrected chi connectivity index (χ0v) is 16.8. The van der Waals surface area contributed by atoms with E-state index in [0.29, 0.717) is 36.7 Å². The molecule has 0 aromatic heterocycles. The normalized spacial score (nSPS) is 13.0. The lowest BCUT2D eigenvalue weighted by molar-refractivity contribution is -0.132. The summed E-state index contributed by atoms with van der Waals surface area (Å²) in [6, 6.07) is 13.5. The summed E-state index contributed by atoms with van der Waals surface area (Å²) in [6.45, 7) is 3.72. The van der Waals surface area contributed by atoms with E-state index in [0.717, 1.165) is 18.5 Å². The van der Waals surface area contributed by atoms with Crippen molar-refractivity contribution in [2.24, 2.45) is 0 Å². The summed E-state index contributed by atoms with van der Waals surface area (Å²) >= 11 is 5.97. The summed E-state index contributed by atoms with van der Waals surface area (Å²) in [5, 5.41) is 3.46. The second-order valence-electron chi connectivity index (χ2n) is 6.99. The Kier molecular flexibility index (Phi) is 6.93. The molecule has 0 spiro atoms. The van der Waals surface area contributed by atoms with Gasteiger partial charge in [0.05, 0.1) is 0 Å². The van der Waals surface area contributed by atoms with Crippen LogP contribution in [0.25, 0.3) is 0 Å². The molecule has 0 atom stereocenters. The standard InChI is InChI=1S/C22H25ClN2O3/c1-16-13-19(8-9-20(16)23)28-15-21(26)24-11-4-7-22(27)25-12-10-17-5-2-3-6-18(17)14-25/h2-3,5-6,8-9,13H,4,7,10-12,14-15H2,1H3,(H,24,26). The summed E-state index contributed by atoms with van der Waals surface area (Å²) in [5.41, 5.74) is 3.46. The molecule has 2 aromatic rings. The predicted molar refractivity (Wildman–Crippen MR) is 109 cm³/mol. The van der Waals surface area contributed by atoms with Crippen molar-refractivity contribution in [1.82, 2.24) is 10.2 Å². The van der Waals surface area contributed by atoms with Crippen molar-refractivity contribution in [3.63, 3.8) is 0 Å². The third-order valence-electron chi connectivity index (χ3n) is 4.87. The van der Waals surface area contributed by atoms with E-state index in [4.69, 9.17) is 16.3 Å². The molecule has 28 heavy (non-hydrogen) atoms. The average molecular weight is 401 g/mol. The molecule has 0 saturated carbocycles. The number of ether oxygens (including phenoxy) is 1. The van der Waals surface area contributed by atoms with Crippen molar-refractivity contribution in [2.75, 3.05) is 19.7 Å². The van der Waals surface area contributed by atoms with Crippen molar-refractivity contribution in [3.05, 3.63) is 64.2 Å². The molecule has 1 aliphatic heterocycles. The van der Waals surface area contributed by atoms with Gasteiger partial charge in [0.1, 0.15) is 5.75 Å². The van der Waals surface area contributed by atoms with Gasteiger partial charge in [-0.3, -0.25) is 9.59 Å². The van der Waals surface area contributed by atoms with Gasteiger partial charge < -0.3 is 15.0 Å². The number of fused-ring (bicyclic) bond motifs is 1. The quantitative estimate of drug-likeness (QED) is 0.723. The topological polar surface area (TPSA) is 58.6 Å². The molecule has 0 fully saturated rings. The van der Waals surface area contributed by atoms with Gasteiger partial charge in [-0.2, -0.15) is 0 Å². The van der Waals surface area contributed by atoms with E-state index in [1.165, 1.54) is 11.1 Å². The Bertz CT molecular complexity index is 853. The number of aryl methyl sites for hydroxylation is 1. The minimum atomic E-state index is -0.202. The highest BCUT2D eigenvalue weighted by molar-refractivity contribution is 6.31. The maximum Gasteiger partial charge on any atom is 0.257 e. The minimum absolute atomic E-state index is 0.0576. The van der Waals surface area contributed by atoms with Crippen LogP contribution in [0.2, 0.25) is 5.02 Å². The fourth-order valence-corrected chi connectivity index (χ4v) is 3.36. The number of halogens is 1. The first-order valence-corrected chi connectivity index (χ1v) is 9.91. The number of carbonyl (C=O) groups excluding carboxylic acids is 2. The SMILES string of the molecule is Cc1cc(OCC(=O)NCCCC(=O)N2CCc3ccccc3C2)ccc1Cl. The Balaban J connectivity index is 1.33. The second kappa shape index (κ2) is 9.60. The number of hydrogen-bond acceptors (Lipinski definition) is 3.